The molecule has 10 heavy (non-hydrogen) atoms. The molecule has 0 aromatic carbocycles. The van der Waals surface area contributed by atoms with Crippen LogP contribution in [0.5, 0.6) is 0 Å². The van der Waals surface area contributed by atoms with E-state index >= 15 is 0 Å². The zero-order chi connectivity index (χ0) is 7.30. The first-order valence-corrected chi connectivity index (χ1v) is 3.65. The van der Waals surface area contributed by atoms with E-state index in [1.54, 1.807) is 4.90 Å². The number of likely N-dealkylation sites (tertiary alicyclic amines) is 1. The molecule has 1 amide bonds. The van der Waals surface area contributed by atoms with Gasteiger partial charge in [-0.2, -0.15) is 0 Å². The van der Waals surface area contributed by atoms with Gasteiger partial charge in [-0.05, 0) is 12.8 Å². The van der Waals surface area contributed by atoms with Gasteiger partial charge >= 0.3 is 0 Å². The number of nitrogens with zero attached hydrogens (tertiary/aromatic N) is 1. The number of carbonyl (C=O) groups is 1. The summed E-state index contributed by atoms with van der Waals surface area (Å²) in [7, 11) is 1.81. The second-order valence-corrected chi connectivity index (χ2v) is 3.25. The summed E-state index contributed by atoms with van der Waals surface area (Å²) in [5, 5.41) is 9.17. The summed E-state index contributed by atoms with van der Waals surface area (Å²) in [4.78, 5) is 12.7. The second kappa shape index (κ2) is 1.72. The van der Waals surface area contributed by atoms with Gasteiger partial charge in [0.2, 0.25) is 5.91 Å². The lowest BCUT2D eigenvalue weighted by molar-refractivity contribution is -0.150. The summed E-state index contributed by atoms with van der Waals surface area (Å²) in [5.74, 6) is 0.363. The van der Waals surface area contributed by atoms with E-state index in [-0.39, 0.29) is 17.9 Å². The number of hydrogen-bond acceptors (Lipinski definition) is 2. The lowest BCUT2D eigenvalue weighted by Crippen LogP contribution is -2.55. The Hall–Kier alpha value is -0.570. The van der Waals surface area contributed by atoms with E-state index in [0.717, 1.165) is 6.42 Å². The Balaban J connectivity index is 2.11. The molecule has 1 aliphatic heterocycles. The first-order chi connectivity index (χ1) is 4.70. The van der Waals surface area contributed by atoms with Crippen molar-refractivity contribution in [3.63, 3.8) is 0 Å². The summed E-state index contributed by atoms with van der Waals surface area (Å²) in [5.41, 5.74) is 0. The van der Waals surface area contributed by atoms with Crippen LogP contribution < -0.4 is 0 Å². The molecule has 2 rings (SSSR count). The van der Waals surface area contributed by atoms with Crippen LogP contribution in [-0.2, 0) is 4.79 Å². The molecule has 1 aliphatic carbocycles. The Kier molecular flexibility index (Phi) is 1.06. The molecule has 1 saturated carbocycles. The summed E-state index contributed by atoms with van der Waals surface area (Å²) in [6, 6.07) is 0.350. The van der Waals surface area contributed by atoms with E-state index in [1.807, 2.05) is 7.05 Å². The maximum absolute atomic E-state index is 11.0. The van der Waals surface area contributed by atoms with Gasteiger partial charge < -0.3 is 10.0 Å². The lowest BCUT2D eigenvalue weighted by Gasteiger charge is -2.40. The summed E-state index contributed by atoms with van der Waals surface area (Å²) >= 11 is 0. The van der Waals surface area contributed by atoms with Crippen molar-refractivity contribution in [2.24, 2.45) is 5.92 Å². The number of hydrogen-bond donors (Lipinski definition) is 1. The first kappa shape index (κ1) is 6.16. The van der Waals surface area contributed by atoms with Crippen LogP contribution in [0.25, 0.3) is 0 Å². The molecule has 0 spiro atoms. The van der Waals surface area contributed by atoms with Crippen LogP contribution in [0.2, 0.25) is 0 Å². The third kappa shape index (κ3) is 0.560. The lowest BCUT2D eigenvalue weighted by atomic mass is 9.92. The van der Waals surface area contributed by atoms with Crippen molar-refractivity contribution in [1.82, 2.24) is 4.90 Å². The molecule has 3 nitrogen and oxygen atoms in total. The zero-order valence-electron chi connectivity index (χ0n) is 5.95. The molecule has 0 radical (unpaired) electrons. The van der Waals surface area contributed by atoms with Crippen LogP contribution in [0.4, 0.5) is 0 Å². The van der Waals surface area contributed by atoms with Crippen molar-refractivity contribution in [1.29, 1.82) is 0 Å². The van der Waals surface area contributed by atoms with Crippen LogP contribution >= 0.6 is 0 Å². The molecular formula is C7H11NO2. The van der Waals surface area contributed by atoms with Crippen LogP contribution in [0.15, 0.2) is 0 Å². The highest BCUT2D eigenvalue weighted by molar-refractivity contribution is 5.86. The minimum absolute atomic E-state index is 0.153. The van der Waals surface area contributed by atoms with Gasteiger partial charge in [0.1, 0.15) is 0 Å². The second-order valence-electron chi connectivity index (χ2n) is 3.25. The quantitative estimate of drug-likeness (QED) is 0.466. The van der Waals surface area contributed by atoms with Crippen molar-refractivity contribution in [3.05, 3.63) is 0 Å². The van der Waals surface area contributed by atoms with Gasteiger partial charge in [0.25, 0.3) is 0 Å². The van der Waals surface area contributed by atoms with Gasteiger partial charge in [0.05, 0.1) is 12.0 Å². The number of fused-ring (bicyclic) bond motifs is 1. The predicted molar refractivity (Wildman–Crippen MR) is 35.3 cm³/mol. The molecule has 1 saturated heterocycles. The highest BCUT2D eigenvalue weighted by Gasteiger charge is 2.50. The minimum atomic E-state index is -0.233. The van der Waals surface area contributed by atoms with Gasteiger partial charge in [-0.15, -0.1) is 0 Å². The normalized spacial score (nSPS) is 45.2. The zero-order valence-corrected chi connectivity index (χ0v) is 5.95. The van der Waals surface area contributed by atoms with Crippen molar-refractivity contribution in [3.8, 4) is 0 Å². The van der Waals surface area contributed by atoms with Gasteiger partial charge in [-0.3, -0.25) is 4.79 Å². The number of aliphatic hydroxyl groups excluding tert-OH is 1. The first-order valence-electron chi connectivity index (χ1n) is 3.65. The highest BCUT2D eigenvalue weighted by atomic mass is 16.3. The Morgan fingerprint density at radius 1 is 1.60 bits per heavy atom. The number of carbonyl (C=O) groups excluding carboxylic acids is 1. The van der Waals surface area contributed by atoms with E-state index in [2.05, 4.69) is 0 Å². The summed E-state index contributed by atoms with van der Waals surface area (Å²) < 4.78 is 0. The molecular weight excluding hydrogens is 130 g/mol. The SMILES string of the molecule is CN1C(=O)[C@@H]2C[C@@H](O)C[C@@H]21. The average molecular weight is 141 g/mol. The number of amides is 1. The van der Waals surface area contributed by atoms with Gasteiger partial charge in [0.15, 0.2) is 0 Å². The monoisotopic (exact) mass is 141 g/mol. The molecule has 0 unspecified atom stereocenters. The number of aliphatic hydroxyl groups is 1. The molecule has 2 aliphatic rings. The maximum atomic E-state index is 11.0. The van der Waals surface area contributed by atoms with Crippen molar-refractivity contribution >= 4 is 5.91 Å². The Morgan fingerprint density at radius 2 is 2.30 bits per heavy atom. The number of rotatable bonds is 0. The van der Waals surface area contributed by atoms with Gasteiger partial charge in [-0.1, -0.05) is 0 Å². The molecule has 1 heterocycles. The van der Waals surface area contributed by atoms with Crippen LogP contribution in [-0.4, -0.2) is 35.1 Å². The summed E-state index contributed by atoms with van der Waals surface area (Å²) in [6.45, 7) is 0. The van der Waals surface area contributed by atoms with E-state index in [1.165, 1.54) is 0 Å². The van der Waals surface area contributed by atoms with E-state index < -0.39 is 0 Å². The molecule has 0 aromatic rings. The summed E-state index contributed by atoms with van der Waals surface area (Å²) in [6.07, 6.45) is 1.24. The van der Waals surface area contributed by atoms with Crippen molar-refractivity contribution in [2.75, 3.05) is 7.05 Å². The Morgan fingerprint density at radius 3 is 2.90 bits per heavy atom. The largest absolute Gasteiger partial charge is 0.393 e. The van der Waals surface area contributed by atoms with E-state index in [0.29, 0.717) is 12.5 Å². The smallest absolute Gasteiger partial charge is 0.227 e. The van der Waals surface area contributed by atoms with E-state index in [9.17, 15) is 4.79 Å². The van der Waals surface area contributed by atoms with Crippen LogP contribution in [0.3, 0.4) is 0 Å². The molecule has 3 heteroatoms. The minimum Gasteiger partial charge on any atom is -0.393 e. The van der Waals surface area contributed by atoms with Gasteiger partial charge in [0, 0.05) is 13.1 Å². The highest BCUT2D eigenvalue weighted by Crippen LogP contribution is 2.38. The fourth-order valence-corrected chi connectivity index (χ4v) is 2.03. The number of β-lactam (4-membered cyclic amide) rings is 1. The predicted octanol–water partition coefficient (Wildman–Crippen LogP) is -0.402. The fourth-order valence-electron chi connectivity index (χ4n) is 2.03. The third-order valence-electron chi connectivity index (χ3n) is 2.67. The molecule has 0 aromatic heterocycles. The molecule has 3 atom stereocenters. The fraction of sp³-hybridized carbons (Fsp3) is 0.857. The van der Waals surface area contributed by atoms with Crippen LogP contribution in [0.1, 0.15) is 12.8 Å². The Labute approximate surface area is 59.6 Å². The van der Waals surface area contributed by atoms with E-state index in [4.69, 9.17) is 5.11 Å². The average Bonchev–Trinajstić information content (AvgIpc) is 2.27. The standard InChI is InChI=1S/C7H11NO2/c1-8-6-3-4(9)2-5(6)7(8)10/h4-6,9H,2-3H2,1H3/t4-,5-,6+/m1/s1. The third-order valence-corrected chi connectivity index (χ3v) is 2.67. The van der Waals surface area contributed by atoms with Gasteiger partial charge in [-0.25, -0.2) is 0 Å². The van der Waals surface area contributed by atoms with Crippen molar-refractivity contribution < 1.29 is 9.90 Å². The Bertz CT molecular complexity index is 180. The molecule has 56 valence electrons. The maximum Gasteiger partial charge on any atom is 0.227 e. The molecule has 1 N–H and O–H groups in total. The van der Waals surface area contributed by atoms with Crippen LogP contribution in [0, 0.1) is 5.92 Å². The molecule has 0 bridgehead atoms. The van der Waals surface area contributed by atoms with Crippen molar-refractivity contribution in [2.45, 2.75) is 25.0 Å². The molecule has 2 fully saturated rings. The topological polar surface area (TPSA) is 40.5 Å².